The van der Waals surface area contributed by atoms with Crippen molar-refractivity contribution < 1.29 is 4.79 Å². The van der Waals surface area contributed by atoms with Crippen LogP contribution in [-0.4, -0.2) is 30.4 Å². The van der Waals surface area contributed by atoms with Crippen LogP contribution in [-0.2, 0) is 4.79 Å². The molecule has 1 saturated heterocycles. The topological polar surface area (TPSA) is 46.1 Å². The first kappa shape index (κ1) is 13.4. The van der Waals surface area contributed by atoms with Gasteiger partial charge in [-0.3, -0.25) is 9.69 Å². The van der Waals surface area contributed by atoms with Gasteiger partial charge in [0.05, 0.1) is 16.6 Å². The fourth-order valence-corrected chi connectivity index (χ4v) is 3.62. The Bertz CT molecular complexity index is 750. The van der Waals surface area contributed by atoms with Crippen LogP contribution in [0.15, 0.2) is 35.8 Å². The molecule has 100 valence electrons. The molecular formula is C13H9N3OS3. The van der Waals surface area contributed by atoms with Crippen molar-refractivity contribution in [1.29, 1.82) is 0 Å². The molecule has 0 unspecified atom stereocenters. The number of nitrogens with zero attached hydrogens (tertiary/aromatic N) is 3. The number of carbonyl (C=O) groups is 1. The fourth-order valence-electron chi connectivity index (χ4n) is 1.83. The maximum atomic E-state index is 12.2. The van der Waals surface area contributed by atoms with Gasteiger partial charge in [-0.05, 0) is 23.8 Å². The predicted octanol–water partition coefficient (Wildman–Crippen LogP) is 3.08. The minimum Gasteiger partial charge on any atom is -0.289 e. The molecule has 20 heavy (non-hydrogen) atoms. The van der Waals surface area contributed by atoms with Crippen LogP contribution in [0.1, 0.15) is 5.56 Å². The van der Waals surface area contributed by atoms with E-state index in [1.165, 1.54) is 23.5 Å². The van der Waals surface area contributed by atoms with E-state index in [1.807, 2.05) is 24.3 Å². The van der Waals surface area contributed by atoms with Crippen molar-refractivity contribution in [3.63, 3.8) is 0 Å². The van der Waals surface area contributed by atoms with E-state index in [-0.39, 0.29) is 5.91 Å². The van der Waals surface area contributed by atoms with Crippen LogP contribution >= 0.6 is 35.7 Å². The Labute approximate surface area is 129 Å². The zero-order valence-electron chi connectivity index (χ0n) is 10.3. The van der Waals surface area contributed by atoms with Crippen molar-refractivity contribution in [2.24, 2.45) is 0 Å². The third kappa shape index (κ3) is 2.39. The van der Waals surface area contributed by atoms with Crippen LogP contribution in [0, 0.1) is 0 Å². The highest BCUT2D eigenvalue weighted by molar-refractivity contribution is 8.26. The number of rotatable bonds is 3. The predicted molar refractivity (Wildman–Crippen MR) is 87.5 cm³/mol. The molecule has 0 saturated carbocycles. The quantitative estimate of drug-likeness (QED) is 0.494. The average Bonchev–Trinajstić information content (AvgIpc) is 2.99. The van der Waals surface area contributed by atoms with Crippen molar-refractivity contribution in [3.05, 3.63) is 41.3 Å². The molecule has 1 amide bonds. The largest absolute Gasteiger partial charge is 0.289 e. The number of thiocarbonyl (C=S) groups is 1. The minimum absolute atomic E-state index is 0.0728. The van der Waals surface area contributed by atoms with E-state index in [0.717, 1.165) is 16.6 Å². The molecule has 0 aliphatic carbocycles. The Hall–Kier alpha value is -1.57. The number of amides is 1. The Kier molecular flexibility index (Phi) is 3.64. The lowest BCUT2D eigenvalue weighted by Crippen LogP contribution is -2.27. The second-order valence-electron chi connectivity index (χ2n) is 4.09. The van der Waals surface area contributed by atoms with Crippen LogP contribution in [0.5, 0.6) is 0 Å². The van der Waals surface area contributed by atoms with Gasteiger partial charge in [0.15, 0.2) is 0 Å². The monoisotopic (exact) mass is 319 g/mol. The first-order chi connectivity index (χ1) is 9.69. The highest BCUT2D eigenvalue weighted by atomic mass is 32.2. The van der Waals surface area contributed by atoms with Gasteiger partial charge in [0.2, 0.25) is 0 Å². The third-order valence-corrected chi connectivity index (χ3v) is 4.70. The zero-order chi connectivity index (χ0) is 14.1. The molecule has 0 spiro atoms. The summed E-state index contributed by atoms with van der Waals surface area (Å²) in [6, 6.07) is 5.73. The summed E-state index contributed by atoms with van der Waals surface area (Å²) in [5, 5.41) is 0. The van der Waals surface area contributed by atoms with Crippen LogP contribution < -0.4 is 0 Å². The molecule has 1 aliphatic rings. The molecule has 1 fully saturated rings. The van der Waals surface area contributed by atoms with Gasteiger partial charge in [-0.2, -0.15) is 8.75 Å². The van der Waals surface area contributed by atoms with Gasteiger partial charge in [0.25, 0.3) is 5.91 Å². The number of thioether (sulfide) groups is 1. The van der Waals surface area contributed by atoms with E-state index in [1.54, 1.807) is 11.0 Å². The van der Waals surface area contributed by atoms with E-state index in [0.29, 0.717) is 15.8 Å². The van der Waals surface area contributed by atoms with E-state index < -0.39 is 0 Å². The van der Waals surface area contributed by atoms with Crippen molar-refractivity contribution in [3.8, 4) is 0 Å². The summed E-state index contributed by atoms with van der Waals surface area (Å²) in [6.45, 7) is 4.08. The molecule has 7 heteroatoms. The normalized spacial score (nSPS) is 17.4. The van der Waals surface area contributed by atoms with Crippen molar-refractivity contribution >= 4 is 63.0 Å². The Morgan fingerprint density at radius 1 is 1.35 bits per heavy atom. The molecule has 0 bridgehead atoms. The molecule has 2 aromatic rings. The molecule has 0 radical (unpaired) electrons. The van der Waals surface area contributed by atoms with E-state index >= 15 is 0 Å². The first-order valence-electron chi connectivity index (χ1n) is 5.77. The first-order valence-corrected chi connectivity index (χ1v) is 7.73. The molecule has 0 N–H and O–H groups in total. The summed E-state index contributed by atoms with van der Waals surface area (Å²) in [5.74, 6) is -0.0728. The lowest BCUT2D eigenvalue weighted by molar-refractivity contribution is -0.121. The number of carbonyl (C=O) groups excluding carboxylic acids is 1. The van der Waals surface area contributed by atoms with Gasteiger partial charge in [-0.25, -0.2) is 0 Å². The van der Waals surface area contributed by atoms with Gasteiger partial charge in [-0.15, -0.1) is 6.58 Å². The molecule has 0 atom stereocenters. The van der Waals surface area contributed by atoms with Gasteiger partial charge in [-0.1, -0.05) is 36.1 Å². The number of hydrogen-bond acceptors (Lipinski definition) is 6. The molecule has 4 nitrogen and oxygen atoms in total. The summed E-state index contributed by atoms with van der Waals surface area (Å²) in [6.07, 6.45) is 3.50. The average molecular weight is 319 g/mol. The highest BCUT2D eigenvalue weighted by Crippen LogP contribution is 2.32. The number of aromatic nitrogens is 2. The number of hydrogen-bond donors (Lipinski definition) is 0. The van der Waals surface area contributed by atoms with Gasteiger partial charge in [0.1, 0.15) is 15.4 Å². The summed E-state index contributed by atoms with van der Waals surface area (Å²) in [4.78, 5) is 14.4. The third-order valence-electron chi connectivity index (χ3n) is 2.76. The van der Waals surface area contributed by atoms with E-state index in [9.17, 15) is 4.79 Å². The molecule has 1 aliphatic heterocycles. The second-order valence-corrected chi connectivity index (χ2v) is 6.30. The lowest BCUT2D eigenvalue weighted by Gasteiger charge is -2.10. The SMILES string of the molecule is C=CCN1C(=O)/C(=C/c2ccc3nsnc3c2)SC1=S. The van der Waals surface area contributed by atoms with Crippen LogP contribution in [0.2, 0.25) is 0 Å². The second kappa shape index (κ2) is 5.43. The standard InChI is InChI=1S/C13H9N3OS3/c1-2-5-16-12(17)11(19-13(16)18)7-8-3-4-9-10(6-8)15-20-14-9/h2-4,6-7H,1,5H2/b11-7-. The fraction of sp³-hybridized carbons (Fsp3) is 0.0769. The summed E-state index contributed by atoms with van der Waals surface area (Å²) in [5.41, 5.74) is 2.63. The van der Waals surface area contributed by atoms with Gasteiger partial charge in [0, 0.05) is 6.54 Å². The lowest BCUT2D eigenvalue weighted by atomic mass is 10.2. The van der Waals surface area contributed by atoms with Crippen molar-refractivity contribution in [1.82, 2.24) is 13.6 Å². The van der Waals surface area contributed by atoms with Gasteiger partial charge < -0.3 is 0 Å². The zero-order valence-corrected chi connectivity index (χ0v) is 12.7. The van der Waals surface area contributed by atoms with Crippen molar-refractivity contribution in [2.75, 3.05) is 6.54 Å². The molecular weight excluding hydrogens is 310 g/mol. The molecule has 1 aromatic carbocycles. The summed E-state index contributed by atoms with van der Waals surface area (Å²) >= 11 is 7.69. The van der Waals surface area contributed by atoms with Crippen LogP contribution in [0.3, 0.4) is 0 Å². The van der Waals surface area contributed by atoms with E-state index in [2.05, 4.69) is 15.3 Å². The summed E-state index contributed by atoms with van der Waals surface area (Å²) in [7, 11) is 0. The Morgan fingerprint density at radius 2 is 2.15 bits per heavy atom. The van der Waals surface area contributed by atoms with Crippen LogP contribution in [0.25, 0.3) is 17.1 Å². The smallest absolute Gasteiger partial charge is 0.266 e. The van der Waals surface area contributed by atoms with Gasteiger partial charge >= 0.3 is 0 Å². The maximum absolute atomic E-state index is 12.2. The van der Waals surface area contributed by atoms with Crippen LogP contribution in [0.4, 0.5) is 0 Å². The number of benzene rings is 1. The maximum Gasteiger partial charge on any atom is 0.266 e. The summed E-state index contributed by atoms with van der Waals surface area (Å²) < 4.78 is 8.91. The molecule has 3 rings (SSSR count). The Balaban J connectivity index is 1.93. The van der Waals surface area contributed by atoms with Crippen molar-refractivity contribution in [2.45, 2.75) is 0 Å². The highest BCUT2D eigenvalue weighted by Gasteiger charge is 2.30. The number of fused-ring (bicyclic) bond motifs is 1. The van der Waals surface area contributed by atoms with E-state index in [4.69, 9.17) is 12.2 Å². The Morgan fingerprint density at radius 3 is 2.95 bits per heavy atom. The minimum atomic E-state index is -0.0728. The molecule has 1 aromatic heterocycles. The molecule has 2 heterocycles.